The first kappa shape index (κ1) is 18.3. The third kappa shape index (κ3) is 4.00. The number of carbonyl (C=O) groups excluding carboxylic acids is 2. The number of piperidine rings is 1. The van der Waals surface area contributed by atoms with Gasteiger partial charge in [0, 0.05) is 31.6 Å². The maximum Gasteiger partial charge on any atom is 0.229 e. The van der Waals surface area contributed by atoms with Gasteiger partial charge in [0.1, 0.15) is 12.2 Å². The summed E-state index contributed by atoms with van der Waals surface area (Å²) in [5.74, 6) is -0.580. The monoisotopic (exact) mass is 378 g/mol. The molecule has 0 atom stereocenters. The summed E-state index contributed by atoms with van der Waals surface area (Å²) in [6.07, 6.45) is 2.15. The lowest BCUT2D eigenvalue weighted by molar-refractivity contribution is -0.147. The molecule has 0 radical (unpaired) electrons. The van der Waals surface area contributed by atoms with E-state index < -0.39 is 10.0 Å². The lowest BCUT2D eigenvalue weighted by Gasteiger charge is -2.37. The number of imide groups is 1. The van der Waals surface area contributed by atoms with Crippen LogP contribution in [0.1, 0.15) is 24.8 Å². The number of sulfonamides is 1. The zero-order valence-corrected chi connectivity index (χ0v) is 14.8. The fourth-order valence-electron chi connectivity index (χ4n) is 2.77. The number of hydrogen-bond donors (Lipinski definition) is 0. The molecular weight excluding hydrogens is 360 g/mol. The van der Waals surface area contributed by atoms with E-state index in [-0.39, 0.29) is 56.1 Å². The zero-order valence-electron chi connectivity index (χ0n) is 14.0. The Morgan fingerprint density at radius 3 is 2.50 bits per heavy atom. The summed E-state index contributed by atoms with van der Waals surface area (Å²) < 4.78 is 31.5. The first-order valence-electron chi connectivity index (χ1n) is 8.23. The molecule has 2 saturated heterocycles. The predicted octanol–water partition coefficient (Wildman–Crippen LogP) is -0.115. The summed E-state index contributed by atoms with van der Waals surface area (Å²) in [6.45, 7) is 0.261. The molecule has 2 aliphatic rings. The minimum atomic E-state index is -3.56. The van der Waals surface area contributed by atoms with Crippen molar-refractivity contribution >= 4 is 21.8 Å². The third-order valence-electron chi connectivity index (χ3n) is 4.32. The first-order valence-corrected chi connectivity index (χ1v) is 9.84. The van der Waals surface area contributed by atoms with Crippen molar-refractivity contribution in [2.75, 3.05) is 25.4 Å². The van der Waals surface area contributed by atoms with Gasteiger partial charge in [0.05, 0.1) is 24.4 Å². The van der Waals surface area contributed by atoms with E-state index in [0.29, 0.717) is 17.9 Å². The molecule has 0 bridgehead atoms. The molecule has 0 unspecified atom stereocenters. The second-order valence-corrected chi connectivity index (χ2v) is 8.25. The van der Waals surface area contributed by atoms with Crippen molar-refractivity contribution in [2.24, 2.45) is 0 Å². The van der Waals surface area contributed by atoms with Gasteiger partial charge in [0.15, 0.2) is 0 Å². The van der Waals surface area contributed by atoms with Gasteiger partial charge in [0.2, 0.25) is 27.7 Å². The average Bonchev–Trinajstić information content (AvgIpc) is 2.57. The highest BCUT2D eigenvalue weighted by Gasteiger charge is 2.38. The third-order valence-corrected chi connectivity index (χ3v) is 6.10. The fourth-order valence-corrected chi connectivity index (χ4v) is 4.23. The van der Waals surface area contributed by atoms with Crippen molar-refractivity contribution in [3.63, 3.8) is 0 Å². The Morgan fingerprint density at radius 1 is 1.23 bits per heavy atom. The standard InChI is InChI=1S/C16H18N4O5S/c17-8-12-4-5-14(18-9-12)25-13-10-19(11-13)26(23,24)7-6-20-15(21)2-1-3-16(20)22/h4-5,9,13H,1-3,6-7,10-11H2. The van der Waals surface area contributed by atoms with Crippen LogP contribution in [0.4, 0.5) is 0 Å². The Morgan fingerprint density at radius 2 is 1.92 bits per heavy atom. The van der Waals surface area contributed by atoms with Crippen molar-refractivity contribution in [1.82, 2.24) is 14.2 Å². The highest BCUT2D eigenvalue weighted by molar-refractivity contribution is 7.89. The van der Waals surface area contributed by atoms with Gasteiger partial charge in [-0.15, -0.1) is 0 Å². The normalized spacial score (nSPS) is 19.1. The van der Waals surface area contributed by atoms with Crippen molar-refractivity contribution in [2.45, 2.75) is 25.4 Å². The number of likely N-dealkylation sites (tertiary alicyclic amines) is 1. The molecule has 138 valence electrons. The van der Waals surface area contributed by atoms with Crippen LogP contribution in [0.2, 0.25) is 0 Å². The Balaban J connectivity index is 1.48. The van der Waals surface area contributed by atoms with Gasteiger partial charge in [-0.05, 0) is 12.5 Å². The molecule has 3 heterocycles. The van der Waals surface area contributed by atoms with Gasteiger partial charge in [-0.2, -0.15) is 9.57 Å². The number of rotatable bonds is 6. The van der Waals surface area contributed by atoms with Crippen molar-refractivity contribution in [1.29, 1.82) is 5.26 Å². The number of nitrogens with zero attached hydrogens (tertiary/aromatic N) is 4. The summed E-state index contributed by atoms with van der Waals surface area (Å²) in [7, 11) is -3.56. The summed E-state index contributed by atoms with van der Waals surface area (Å²) >= 11 is 0. The van der Waals surface area contributed by atoms with E-state index in [1.54, 1.807) is 12.1 Å². The van der Waals surface area contributed by atoms with E-state index >= 15 is 0 Å². The van der Waals surface area contributed by atoms with Crippen LogP contribution in [0.5, 0.6) is 5.88 Å². The minimum Gasteiger partial charge on any atom is -0.472 e. The van der Waals surface area contributed by atoms with Crippen LogP contribution in [0.15, 0.2) is 18.3 Å². The molecule has 0 aliphatic carbocycles. The predicted molar refractivity (Wildman–Crippen MR) is 89.3 cm³/mol. The van der Waals surface area contributed by atoms with Crippen LogP contribution in [0, 0.1) is 11.3 Å². The molecule has 9 nitrogen and oxygen atoms in total. The number of pyridine rings is 1. The number of ether oxygens (including phenoxy) is 1. The van der Waals surface area contributed by atoms with E-state index in [1.165, 1.54) is 10.5 Å². The average molecular weight is 378 g/mol. The van der Waals surface area contributed by atoms with Gasteiger partial charge in [0.25, 0.3) is 0 Å². The molecule has 3 rings (SSSR count). The molecule has 2 aliphatic heterocycles. The smallest absolute Gasteiger partial charge is 0.229 e. The lowest BCUT2D eigenvalue weighted by Crippen LogP contribution is -2.57. The zero-order chi connectivity index (χ0) is 18.7. The molecule has 2 fully saturated rings. The van der Waals surface area contributed by atoms with Crippen LogP contribution in [-0.2, 0) is 19.6 Å². The number of amides is 2. The lowest BCUT2D eigenvalue weighted by atomic mass is 10.1. The van der Waals surface area contributed by atoms with E-state index in [0.717, 1.165) is 4.90 Å². The van der Waals surface area contributed by atoms with Crippen molar-refractivity contribution < 1.29 is 22.7 Å². The molecule has 1 aromatic heterocycles. The van der Waals surface area contributed by atoms with Crippen molar-refractivity contribution in [3.8, 4) is 11.9 Å². The summed E-state index contributed by atoms with van der Waals surface area (Å²) in [5, 5.41) is 8.72. The van der Waals surface area contributed by atoms with Gasteiger partial charge in [-0.25, -0.2) is 13.4 Å². The van der Waals surface area contributed by atoms with E-state index in [4.69, 9.17) is 10.00 Å². The Hall–Kier alpha value is -2.51. The molecule has 10 heteroatoms. The van der Waals surface area contributed by atoms with E-state index in [9.17, 15) is 18.0 Å². The van der Waals surface area contributed by atoms with Crippen LogP contribution in [0.25, 0.3) is 0 Å². The Bertz CT molecular complexity index is 824. The number of aromatic nitrogens is 1. The highest BCUT2D eigenvalue weighted by atomic mass is 32.2. The first-order chi connectivity index (χ1) is 12.4. The number of nitriles is 1. The summed E-state index contributed by atoms with van der Waals surface area (Å²) in [6, 6.07) is 5.08. The topological polar surface area (TPSA) is 121 Å². The van der Waals surface area contributed by atoms with Crippen LogP contribution in [0.3, 0.4) is 0 Å². The maximum atomic E-state index is 12.3. The second-order valence-electron chi connectivity index (χ2n) is 6.16. The van der Waals surface area contributed by atoms with Gasteiger partial charge in [-0.3, -0.25) is 14.5 Å². The van der Waals surface area contributed by atoms with E-state index in [1.807, 2.05) is 6.07 Å². The largest absolute Gasteiger partial charge is 0.472 e. The SMILES string of the molecule is N#Cc1ccc(OC2CN(S(=O)(=O)CCN3C(=O)CCCC3=O)C2)nc1. The molecule has 0 aromatic carbocycles. The van der Waals surface area contributed by atoms with E-state index in [2.05, 4.69) is 4.98 Å². The second kappa shape index (κ2) is 7.39. The molecule has 0 saturated carbocycles. The quantitative estimate of drug-likeness (QED) is 0.633. The molecule has 0 N–H and O–H groups in total. The molecular formula is C16H18N4O5S. The fraction of sp³-hybridized carbons (Fsp3) is 0.500. The summed E-state index contributed by atoms with van der Waals surface area (Å²) in [5.41, 5.74) is 0.414. The van der Waals surface area contributed by atoms with Gasteiger partial charge < -0.3 is 4.74 Å². The minimum absolute atomic E-state index is 0.112. The van der Waals surface area contributed by atoms with Crippen LogP contribution in [-0.4, -0.2) is 65.9 Å². The molecule has 0 spiro atoms. The van der Waals surface area contributed by atoms with Crippen LogP contribution >= 0.6 is 0 Å². The number of carbonyl (C=O) groups is 2. The Labute approximate surface area is 151 Å². The van der Waals surface area contributed by atoms with Gasteiger partial charge in [-0.1, -0.05) is 0 Å². The van der Waals surface area contributed by atoms with Crippen molar-refractivity contribution in [3.05, 3.63) is 23.9 Å². The molecule has 26 heavy (non-hydrogen) atoms. The molecule has 2 amide bonds. The van der Waals surface area contributed by atoms with Crippen LogP contribution < -0.4 is 4.74 Å². The van der Waals surface area contributed by atoms with Gasteiger partial charge >= 0.3 is 0 Å². The Kier molecular flexibility index (Phi) is 5.20. The highest BCUT2D eigenvalue weighted by Crippen LogP contribution is 2.20. The number of hydrogen-bond acceptors (Lipinski definition) is 7. The maximum absolute atomic E-state index is 12.3. The molecule has 1 aromatic rings. The summed E-state index contributed by atoms with van der Waals surface area (Å²) in [4.78, 5) is 28.5.